The van der Waals surface area contributed by atoms with E-state index in [4.69, 9.17) is 9.84 Å². The second-order valence-electron chi connectivity index (χ2n) is 6.31. The lowest BCUT2D eigenvalue weighted by molar-refractivity contribution is -0.135. The topological polar surface area (TPSA) is 87.7 Å². The fraction of sp³-hybridized carbons (Fsp3) is 0.273. The van der Waals surface area contributed by atoms with E-state index in [-0.39, 0.29) is 11.8 Å². The Labute approximate surface area is 165 Å². The lowest BCUT2D eigenvalue weighted by atomic mass is 10.0. The van der Waals surface area contributed by atoms with E-state index in [0.29, 0.717) is 12.2 Å². The maximum absolute atomic E-state index is 12.0. The molecule has 0 saturated carbocycles. The number of ether oxygens (including phenoxy) is 1. The molecule has 6 heteroatoms. The Kier molecular flexibility index (Phi) is 8.09. The van der Waals surface area contributed by atoms with Crippen LogP contribution in [0.4, 0.5) is 10.5 Å². The molecule has 2 rings (SSSR count). The Bertz CT molecular complexity index is 829. The van der Waals surface area contributed by atoms with Gasteiger partial charge in [0.25, 0.3) is 0 Å². The summed E-state index contributed by atoms with van der Waals surface area (Å²) in [6.45, 7) is 2.78. The van der Waals surface area contributed by atoms with Crippen LogP contribution in [0.1, 0.15) is 31.7 Å². The molecule has 2 aromatic carbocycles. The number of carbonyl (C=O) groups excluding carboxylic acids is 1. The minimum atomic E-state index is -1.11. The number of carboxylic acids is 1. The Morgan fingerprint density at radius 2 is 1.82 bits per heavy atom. The van der Waals surface area contributed by atoms with Gasteiger partial charge in [-0.25, -0.2) is 9.59 Å². The van der Waals surface area contributed by atoms with Crippen LogP contribution in [0.5, 0.6) is 0 Å². The summed E-state index contributed by atoms with van der Waals surface area (Å²) in [5.74, 6) is -1.23. The molecule has 3 N–H and O–H groups in total. The molecule has 0 aliphatic carbocycles. The van der Waals surface area contributed by atoms with Gasteiger partial charge in [-0.05, 0) is 41.3 Å². The van der Waals surface area contributed by atoms with Crippen LogP contribution in [0.15, 0.2) is 54.3 Å². The van der Waals surface area contributed by atoms with E-state index in [1.807, 2.05) is 48.5 Å². The second-order valence-corrected chi connectivity index (χ2v) is 6.31. The van der Waals surface area contributed by atoms with E-state index in [9.17, 15) is 9.59 Å². The van der Waals surface area contributed by atoms with E-state index in [1.54, 1.807) is 0 Å². The number of amides is 2. The molecule has 0 heterocycles. The first-order valence-electron chi connectivity index (χ1n) is 9.27. The normalized spacial score (nSPS) is 11.0. The Hall–Kier alpha value is -3.28. The molecular formula is C22H26N2O4. The van der Waals surface area contributed by atoms with Gasteiger partial charge in [0, 0.05) is 12.2 Å². The van der Waals surface area contributed by atoms with Crippen molar-refractivity contribution in [1.29, 1.82) is 0 Å². The zero-order valence-corrected chi connectivity index (χ0v) is 16.2. The summed E-state index contributed by atoms with van der Waals surface area (Å²) < 4.78 is 4.84. The Morgan fingerprint density at radius 1 is 1.07 bits per heavy atom. The predicted molar refractivity (Wildman–Crippen MR) is 111 cm³/mol. The molecule has 2 aromatic rings. The number of anilines is 1. The number of urea groups is 1. The molecule has 0 bridgehead atoms. The minimum absolute atomic E-state index is 0.121. The van der Waals surface area contributed by atoms with Gasteiger partial charge in [0.1, 0.15) is 0 Å². The van der Waals surface area contributed by atoms with Crippen molar-refractivity contribution in [2.24, 2.45) is 0 Å². The van der Waals surface area contributed by atoms with Gasteiger partial charge < -0.3 is 20.5 Å². The zero-order chi connectivity index (χ0) is 20.4. The molecule has 148 valence electrons. The molecule has 0 radical (unpaired) electrons. The largest absolute Gasteiger partial charge is 0.490 e. The number of aliphatic carboxylic acids is 1. The van der Waals surface area contributed by atoms with Crippen molar-refractivity contribution in [2.45, 2.75) is 26.2 Å². The summed E-state index contributed by atoms with van der Waals surface area (Å²) in [5, 5.41) is 14.7. The molecule has 0 aromatic heterocycles. The van der Waals surface area contributed by atoms with Crippen molar-refractivity contribution in [1.82, 2.24) is 5.32 Å². The Morgan fingerprint density at radius 3 is 2.46 bits per heavy atom. The summed E-state index contributed by atoms with van der Waals surface area (Å²) in [5.41, 5.74) is 3.34. The summed E-state index contributed by atoms with van der Waals surface area (Å²) in [7, 11) is 1.33. The third-order valence-corrected chi connectivity index (χ3v) is 4.16. The first kappa shape index (κ1) is 21.0. The molecule has 0 unspecified atom stereocenters. The number of hydrogen-bond acceptors (Lipinski definition) is 3. The SMILES string of the molecule is CCCCCNC(=O)Nc1cccc(-c2ccc(/C=C(\OC)C(=O)O)cc2)c1. The molecule has 2 amide bonds. The quantitative estimate of drug-likeness (QED) is 0.332. The average molecular weight is 382 g/mol. The molecule has 6 nitrogen and oxygen atoms in total. The minimum Gasteiger partial charge on any atom is -0.490 e. The monoisotopic (exact) mass is 382 g/mol. The zero-order valence-electron chi connectivity index (χ0n) is 16.2. The van der Waals surface area contributed by atoms with Crippen molar-refractivity contribution in [3.05, 3.63) is 59.9 Å². The lowest BCUT2D eigenvalue weighted by Crippen LogP contribution is -2.29. The highest BCUT2D eigenvalue weighted by Crippen LogP contribution is 2.23. The van der Waals surface area contributed by atoms with Crippen molar-refractivity contribution < 1.29 is 19.4 Å². The van der Waals surface area contributed by atoms with E-state index in [2.05, 4.69) is 17.6 Å². The number of methoxy groups -OCH3 is 1. The molecule has 0 atom stereocenters. The molecule has 0 spiro atoms. The number of rotatable bonds is 9. The van der Waals surface area contributed by atoms with Crippen LogP contribution in [0.25, 0.3) is 17.2 Å². The van der Waals surface area contributed by atoms with E-state index in [0.717, 1.165) is 36.0 Å². The van der Waals surface area contributed by atoms with Crippen molar-refractivity contribution in [3.63, 3.8) is 0 Å². The first-order chi connectivity index (χ1) is 13.5. The van der Waals surface area contributed by atoms with Gasteiger partial charge in [-0.1, -0.05) is 56.2 Å². The standard InChI is InChI=1S/C22H26N2O4/c1-3-4-5-13-23-22(27)24-19-8-6-7-18(15-19)17-11-9-16(10-12-17)14-20(28-2)21(25)26/h6-12,14-15H,3-5,13H2,1-2H3,(H,25,26)(H2,23,24,27)/b20-14-. The third kappa shape index (κ3) is 6.46. The lowest BCUT2D eigenvalue weighted by Gasteiger charge is -2.09. The number of unbranched alkanes of at least 4 members (excludes halogenated alkanes) is 2. The van der Waals surface area contributed by atoms with Gasteiger partial charge in [-0.15, -0.1) is 0 Å². The molecular weight excluding hydrogens is 356 g/mol. The van der Waals surface area contributed by atoms with Gasteiger partial charge in [0.2, 0.25) is 5.76 Å². The molecule has 0 aliphatic rings. The van der Waals surface area contributed by atoms with Crippen LogP contribution in [0, 0.1) is 0 Å². The van der Waals surface area contributed by atoms with Crippen LogP contribution < -0.4 is 10.6 Å². The summed E-state index contributed by atoms with van der Waals surface area (Å²) in [4.78, 5) is 23.0. The number of nitrogens with one attached hydrogen (secondary N) is 2. The van der Waals surface area contributed by atoms with Crippen LogP contribution in [-0.4, -0.2) is 30.8 Å². The van der Waals surface area contributed by atoms with Gasteiger partial charge in [-0.3, -0.25) is 0 Å². The van der Waals surface area contributed by atoms with Crippen LogP contribution in [0.2, 0.25) is 0 Å². The Balaban J connectivity index is 2.05. The van der Waals surface area contributed by atoms with Crippen LogP contribution in [0.3, 0.4) is 0 Å². The van der Waals surface area contributed by atoms with Crippen LogP contribution >= 0.6 is 0 Å². The number of benzene rings is 2. The van der Waals surface area contributed by atoms with E-state index >= 15 is 0 Å². The first-order valence-corrected chi connectivity index (χ1v) is 9.27. The average Bonchev–Trinajstić information content (AvgIpc) is 2.70. The summed E-state index contributed by atoms with van der Waals surface area (Å²) >= 11 is 0. The number of carbonyl (C=O) groups is 2. The smallest absolute Gasteiger partial charge is 0.371 e. The molecule has 0 aliphatic heterocycles. The van der Waals surface area contributed by atoms with Crippen molar-refractivity contribution in [3.8, 4) is 11.1 Å². The highest BCUT2D eigenvalue weighted by Gasteiger charge is 2.07. The fourth-order valence-electron chi connectivity index (χ4n) is 2.66. The highest BCUT2D eigenvalue weighted by molar-refractivity contribution is 5.91. The molecule has 28 heavy (non-hydrogen) atoms. The summed E-state index contributed by atoms with van der Waals surface area (Å²) in [6.07, 6.45) is 4.65. The van der Waals surface area contributed by atoms with E-state index in [1.165, 1.54) is 13.2 Å². The maximum Gasteiger partial charge on any atom is 0.371 e. The maximum atomic E-state index is 12.0. The van der Waals surface area contributed by atoms with Gasteiger partial charge >= 0.3 is 12.0 Å². The number of carboxylic acid groups (broad SMARTS) is 1. The van der Waals surface area contributed by atoms with Gasteiger partial charge in [-0.2, -0.15) is 0 Å². The van der Waals surface area contributed by atoms with Crippen molar-refractivity contribution >= 4 is 23.8 Å². The fourth-order valence-corrected chi connectivity index (χ4v) is 2.66. The predicted octanol–water partition coefficient (Wildman–Crippen LogP) is 4.74. The van der Waals surface area contributed by atoms with Gasteiger partial charge in [0.15, 0.2) is 0 Å². The second kappa shape index (κ2) is 10.8. The summed E-state index contributed by atoms with van der Waals surface area (Å²) in [6, 6.07) is 14.8. The van der Waals surface area contributed by atoms with Gasteiger partial charge in [0.05, 0.1) is 7.11 Å². The van der Waals surface area contributed by atoms with Crippen LogP contribution in [-0.2, 0) is 9.53 Å². The van der Waals surface area contributed by atoms with E-state index < -0.39 is 5.97 Å². The number of hydrogen-bond donors (Lipinski definition) is 3. The highest BCUT2D eigenvalue weighted by atomic mass is 16.5. The molecule has 0 saturated heterocycles. The van der Waals surface area contributed by atoms with Crippen molar-refractivity contribution in [2.75, 3.05) is 19.0 Å². The molecule has 0 fully saturated rings. The third-order valence-electron chi connectivity index (χ3n) is 4.16.